The number of carbonyl (C=O) groups is 1. The van der Waals surface area contributed by atoms with Crippen LogP contribution in [0.2, 0.25) is 0 Å². The number of ether oxygens (including phenoxy) is 3. The van der Waals surface area contributed by atoms with Gasteiger partial charge in [0.25, 0.3) is 0 Å². The summed E-state index contributed by atoms with van der Waals surface area (Å²) in [7, 11) is 2.92. The zero-order chi connectivity index (χ0) is 21.5. The van der Waals surface area contributed by atoms with Gasteiger partial charge in [0, 0.05) is 23.5 Å². The molecular formula is C24H23NO6. The van der Waals surface area contributed by atoms with Crippen molar-refractivity contribution in [3.8, 4) is 5.75 Å². The Labute approximate surface area is 178 Å². The van der Waals surface area contributed by atoms with Crippen LogP contribution in [0.4, 0.5) is 5.69 Å². The molecule has 7 heteroatoms. The van der Waals surface area contributed by atoms with Gasteiger partial charge in [-0.25, -0.2) is 9.59 Å². The Morgan fingerprint density at radius 1 is 1.13 bits per heavy atom. The molecule has 2 aliphatic heterocycles. The zero-order valence-electron chi connectivity index (χ0n) is 17.3. The maximum Gasteiger partial charge on any atom is 0.360 e. The van der Waals surface area contributed by atoms with Crippen molar-refractivity contribution in [1.29, 1.82) is 0 Å². The zero-order valence-corrected chi connectivity index (χ0v) is 17.3. The smallest absolute Gasteiger partial charge is 0.360 e. The van der Waals surface area contributed by atoms with Crippen LogP contribution >= 0.6 is 0 Å². The first kappa shape index (κ1) is 19.6. The first-order chi connectivity index (χ1) is 15.1. The fraction of sp³-hybridized carbons (Fsp3) is 0.333. The molecule has 31 heavy (non-hydrogen) atoms. The second-order valence-corrected chi connectivity index (χ2v) is 7.85. The highest BCUT2D eigenvalue weighted by Gasteiger charge is 2.42. The lowest BCUT2D eigenvalue weighted by molar-refractivity contribution is -0.0375. The average Bonchev–Trinajstić information content (AvgIpc) is 2.82. The molecule has 1 saturated heterocycles. The molecule has 3 atom stereocenters. The second kappa shape index (κ2) is 7.74. The number of hydrogen-bond acceptors (Lipinski definition) is 7. The van der Waals surface area contributed by atoms with Gasteiger partial charge in [-0.2, -0.15) is 0 Å². The number of carbonyl (C=O) groups excluding carboxylic acids is 1. The van der Waals surface area contributed by atoms with E-state index in [-0.39, 0.29) is 24.0 Å². The minimum atomic E-state index is -0.448. The fourth-order valence-electron chi connectivity index (χ4n) is 4.80. The summed E-state index contributed by atoms with van der Waals surface area (Å²) >= 11 is 0. The normalized spacial score (nSPS) is 22.2. The third kappa shape index (κ3) is 3.16. The Balaban J connectivity index is 1.64. The summed E-state index contributed by atoms with van der Waals surface area (Å²) < 4.78 is 22.1. The summed E-state index contributed by atoms with van der Waals surface area (Å²) in [6.07, 6.45) is 1.65. The average molecular weight is 421 g/mol. The lowest BCUT2D eigenvalue weighted by Crippen LogP contribution is -2.38. The summed E-state index contributed by atoms with van der Waals surface area (Å²) in [5, 5.41) is 4.25. The van der Waals surface area contributed by atoms with Crippen LogP contribution < -0.4 is 15.7 Å². The van der Waals surface area contributed by atoms with E-state index in [1.165, 1.54) is 7.11 Å². The van der Waals surface area contributed by atoms with Gasteiger partial charge in [0.1, 0.15) is 5.69 Å². The molecule has 0 saturated carbocycles. The van der Waals surface area contributed by atoms with E-state index in [0.29, 0.717) is 29.2 Å². The lowest BCUT2D eigenvalue weighted by atomic mass is 9.77. The molecular weight excluding hydrogens is 398 g/mol. The van der Waals surface area contributed by atoms with Crippen molar-refractivity contribution in [2.24, 2.45) is 5.92 Å². The maximum atomic E-state index is 13.0. The molecule has 0 radical (unpaired) electrons. The maximum absolute atomic E-state index is 13.0. The van der Waals surface area contributed by atoms with Crippen molar-refractivity contribution in [1.82, 2.24) is 0 Å². The molecule has 2 aromatic carbocycles. The largest absolute Gasteiger partial charge is 0.493 e. The Morgan fingerprint density at radius 3 is 2.68 bits per heavy atom. The number of para-hydroxylation sites is 1. The van der Waals surface area contributed by atoms with Crippen molar-refractivity contribution in [3.05, 3.63) is 69.6 Å². The van der Waals surface area contributed by atoms with E-state index in [0.717, 1.165) is 29.4 Å². The number of rotatable bonds is 3. The van der Waals surface area contributed by atoms with Crippen LogP contribution in [0.25, 0.3) is 11.0 Å². The molecule has 0 amide bonds. The first-order valence-corrected chi connectivity index (χ1v) is 10.3. The van der Waals surface area contributed by atoms with Crippen molar-refractivity contribution in [2.75, 3.05) is 26.1 Å². The van der Waals surface area contributed by atoms with Gasteiger partial charge in [0.2, 0.25) is 0 Å². The Hall–Kier alpha value is -3.32. The third-order valence-electron chi connectivity index (χ3n) is 6.23. The number of esters is 1. The quantitative estimate of drug-likeness (QED) is 0.500. The molecule has 7 nitrogen and oxygen atoms in total. The van der Waals surface area contributed by atoms with Gasteiger partial charge in [-0.3, -0.25) is 0 Å². The fourth-order valence-corrected chi connectivity index (χ4v) is 4.80. The van der Waals surface area contributed by atoms with Gasteiger partial charge < -0.3 is 23.9 Å². The van der Waals surface area contributed by atoms with E-state index in [2.05, 4.69) is 5.32 Å². The molecule has 1 unspecified atom stereocenters. The highest BCUT2D eigenvalue weighted by atomic mass is 16.5. The molecule has 1 aromatic heterocycles. The van der Waals surface area contributed by atoms with E-state index in [1.54, 1.807) is 25.3 Å². The highest BCUT2D eigenvalue weighted by Crippen LogP contribution is 2.50. The predicted molar refractivity (Wildman–Crippen MR) is 115 cm³/mol. The van der Waals surface area contributed by atoms with Crippen molar-refractivity contribution < 1.29 is 23.4 Å². The number of nitrogens with one attached hydrogen (secondary N) is 1. The monoisotopic (exact) mass is 421 g/mol. The first-order valence-electron chi connectivity index (χ1n) is 10.3. The van der Waals surface area contributed by atoms with Crippen LogP contribution in [0, 0.1) is 5.92 Å². The summed E-state index contributed by atoms with van der Waals surface area (Å²) in [5.41, 5.74) is 2.70. The Kier molecular flexibility index (Phi) is 4.90. The summed E-state index contributed by atoms with van der Waals surface area (Å²) in [4.78, 5) is 24.8. The number of anilines is 1. The molecule has 3 aromatic rings. The summed E-state index contributed by atoms with van der Waals surface area (Å²) in [6, 6.07) is 12.7. The molecule has 1 fully saturated rings. The van der Waals surface area contributed by atoms with Crippen molar-refractivity contribution in [3.63, 3.8) is 0 Å². The number of benzene rings is 2. The van der Waals surface area contributed by atoms with Crippen LogP contribution in [-0.4, -0.2) is 26.8 Å². The summed E-state index contributed by atoms with van der Waals surface area (Å²) in [6.45, 7) is 0.639. The van der Waals surface area contributed by atoms with E-state index in [1.807, 2.05) is 24.3 Å². The van der Waals surface area contributed by atoms with Gasteiger partial charge in [0.15, 0.2) is 11.3 Å². The number of fused-ring (bicyclic) bond motifs is 5. The predicted octanol–water partition coefficient (Wildman–Crippen LogP) is 4.22. The Bertz CT molecular complexity index is 1200. The number of methoxy groups -OCH3 is 2. The van der Waals surface area contributed by atoms with Gasteiger partial charge in [-0.15, -0.1) is 0 Å². The summed E-state index contributed by atoms with van der Waals surface area (Å²) in [5.74, 6) is 0.264. The molecule has 160 valence electrons. The van der Waals surface area contributed by atoms with Gasteiger partial charge in [0.05, 0.1) is 31.9 Å². The molecule has 0 bridgehead atoms. The van der Waals surface area contributed by atoms with Crippen LogP contribution in [-0.2, 0) is 9.47 Å². The SMILES string of the molecule is COC(=O)c1ccc(C2Nc3c(c4cccc(OC)c4oc3=O)[C@H]3OCCC[C@@H]23)cc1. The second-order valence-electron chi connectivity index (χ2n) is 7.85. The van der Waals surface area contributed by atoms with Gasteiger partial charge in [-0.05, 0) is 36.6 Å². The topological polar surface area (TPSA) is 87.0 Å². The minimum Gasteiger partial charge on any atom is -0.493 e. The Morgan fingerprint density at radius 2 is 1.94 bits per heavy atom. The van der Waals surface area contributed by atoms with Crippen LogP contribution in [0.15, 0.2) is 51.7 Å². The number of hydrogen-bond donors (Lipinski definition) is 1. The van der Waals surface area contributed by atoms with Crippen molar-refractivity contribution >= 4 is 22.6 Å². The van der Waals surface area contributed by atoms with E-state index >= 15 is 0 Å². The molecule has 5 rings (SSSR count). The van der Waals surface area contributed by atoms with Gasteiger partial charge in [-0.1, -0.05) is 24.3 Å². The molecule has 0 aliphatic carbocycles. The van der Waals surface area contributed by atoms with Crippen LogP contribution in [0.5, 0.6) is 5.75 Å². The standard InChI is InChI=1S/C24H23NO6/c1-28-17-7-3-5-15-18-20(24(27)31-21(15)17)25-19(16-6-4-12-30-22(16)18)13-8-10-14(11-9-13)23(26)29-2/h3,5,7-11,16,19,22,25H,4,6,12H2,1-2H3/t16-,19?,22-/m0/s1. The molecule has 2 aliphatic rings. The molecule has 0 spiro atoms. The van der Waals surface area contributed by atoms with E-state index < -0.39 is 5.63 Å². The third-order valence-corrected chi connectivity index (χ3v) is 6.23. The highest BCUT2D eigenvalue weighted by molar-refractivity contribution is 5.90. The van der Waals surface area contributed by atoms with Crippen LogP contribution in [0.1, 0.15) is 46.5 Å². The van der Waals surface area contributed by atoms with E-state index in [4.69, 9.17) is 18.6 Å². The van der Waals surface area contributed by atoms with Crippen LogP contribution in [0.3, 0.4) is 0 Å². The molecule has 1 N–H and O–H groups in total. The lowest BCUT2D eigenvalue weighted by Gasteiger charge is -2.43. The van der Waals surface area contributed by atoms with Gasteiger partial charge >= 0.3 is 11.6 Å². The van der Waals surface area contributed by atoms with Crippen molar-refractivity contribution in [2.45, 2.75) is 25.0 Å². The van der Waals surface area contributed by atoms with E-state index in [9.17, 15) is 9.59 Å². The minimum absolute atomic E-state index is 0.126. The molecule has 3 heterocycles.